The zero-order valence-electron chi connectivity index (χ0n) is 15.8. The smallest absolute Gasteiger partial charge is 0.336 e. The van der Waals surface area contributed by atoms with Crippen molar-refractivity contribution in [1.82, 2.24) is 13.9 Å². The summed E-state index contributed by atoms with van der Waals surface area (Å²) in [6.07, 6.45) is 1.35. The number of likely N-dealkylation sites (N-methyl/N-ethyl adjacent to an activating group) is 1. The Kier molecular flexibility index (Phi) is 4.44. The molecule has 0 amide bonds. The summed E-state index contributed by atoms with van der Waals surface area (Å²) in [6, 6.07) is 10.1. The third-order valence-electron chi connectivity index (χ3n) is 5.24. The fourth-order valence-electron chi connectivity index (χ4n) is 3.92. The maximum absolute atomic E-state index is 13.3. The van der Waals surface area contributed by atoms with Gasteiger partial charge in [0, 0.05) is 24.5 Å². The van der Waals surface area contributed by atoms with Crippen LogP contribution in [0.2, 0.25) is 0 Å². The summed E-state index contributed by atoms with van der Waals surface area (Å²) in [7, 11) is 3.79. The largest absolute Gasteiger partial charge is 0.463 e. The molecule has 8 heteroatoms. The number of nitrogens with zero attached hydrogens (tertiary/aromatic N) is 3. The lowest BCUT2D eigenvalue weighted by molar-refractivity contribution is 0.376. The summed E-state index contributed by atoms with van der Waals surface area (Å²) in [5, 5.41) is 2.31. The van der Waals surface area contributed by atoms with Gasteiger partial charge in [-0.05, 0) is 32.3 Å². The third kappa shape index (κ3) is 2.58. The van der Waals surface area contributed by atoms with Crippen LogP contribution in [0.15, 0.2) is 61.5 Å². The number of para-hydroxylation sites is 1. The molecule has 0 bridgehead atoms. The zero-order valence-corrected chi connectivity index (χ0v) is 16.7. The van der Waals surface area contributed by atoms with Gasteiger partial charge in [0.1, 0.15) is 5.58 Å². The second-order valence-corrected chi connectivity index (χ2v) is 7.20. The fourth-order valence-corrected chi connectivity index (χ4v) is 3.92. The second-order valence-electron chi connectivity index (χ2n) is 7.20. The summed E-state index contributed by atoms with van der Waals surface area (Å²) in [4.78, 5) is 40.4. The summed E-state index contributed by atoms with van der Waals surface area (Å²) in [5.74, 6) is 0. The van der Waals surface area contributed by atoms with E-state index < -0.39 is 0 Å². The highest BCUT2D eigenvalue weighted by molar-refractivity contribution is 6.21. The minimum Gasteiger partial charge on any atom is -0.463 e. The maximum atomic E-state index is 13.3. The van der Waals surface area contributed by atoms with Crippen molar-refractivity contribution >= 4 is 50.6 Å². The zero-order chi connectivity index (χ0) is 19.6. The molecule has 0 spiro atoms. The highest BCUT2D eigenvalue weighted by Crippen LogP contribution is 2.33. The molecule has 0 aliphatic rings. The summed E-state index contributed by atoms with van der Waals surface area (Å²) < 4.78 is 8.50. The number of hydrogen-bond acceptors (Lipinski definition) is 5. The maximum Gasteiger partial charge on any atom is 0.336 e. The summed E-state index contributed by atoms with van der Waals surface area (Å²) in [5.41, 5.74) is 0.768. The molecule has 29 heavy (non-hydrogen) atoms. The van der Waals surface area contributed by atoms with Crippen LogP contribution >= 0.6 is 12.4 Å². The van der Waals surface area contributed by atoms with Crippen LogP contribution in [0.1, 0.15) is 0 Å². The third-order valence-corrected chi connectivity index (χ3v) is 5.24. The first-order valence-electron chi connectivity index (χ1n) is 8.97. The van der Waals surface area contributed by atoms with Crippen LogP contribution in [0.25, 0.3) is 38.2 Å². The average molecular weight is 412 g/mol. The van der Waals surface area contributed by atoms with Crippen molar-refractivity contribution in [2.45, 2.75) is 6.54 Å². The van der Waals surface area contributed by atoms with Gasteiger partial charge in [-0.1, -0.05) is 12.1 Å². The molecule has 0 N–H and O–H groups in total. The molecule has 0 saturated carbocycles. The highest BCUT2D eigenvalue weighted by atomic mass is 35.5. The monoisotopic (exact) mass is 411 g/mol. The molecular weight excluding hydrogens is 394 g/mol. The second kappa shape index (κ2) is 6.72. The van der Waals surface area contributed by atoms with Gasteiger partial charge in [-0.25, -0.2) is 4.79 Å². The molecule has 0 fully saturated rings. The number of halogens is 1. The van der Waals surface area contributed by atoms with Crippen LogP contribution < -0.4 is 16.7 Å². The van der Waals surface area contributed by atoms with E-state index in [4.69, 9.17) is 4.42 Å². The lowest BCUT2D eigenvalue weighted by Gasteiger charge is -2.12. The quantitative estimate of drug-likeness (QED) is 0.455. The van der Waals surface area contributed by atoms with E-state index in [0.717, 1.165) is 5.39 Å². The van der Waals surface area contributed by atoms with Crippen LogP contribution in [0.3, 0.4) is 0 Å². The lowest BCUT2D eigenvalue weighted by atomic mass is 10.1. The first-order valence-corrected chi connectivity index (χ1v) is 8.97. The molecule has 0 unspecified atom stereocenters. The minimum absolute atomic E-state index is 0. The summed E-state index contributed by atoms with van der Waals surface area (Å²) >= 11 is 0. The van der Waals surface area contributed by atoms with Gasteiger partial charge < -0.3 is 9.32 Å². The predicted molar refractivity (Wildman–Crippen MR) is 116 cm³/mol. The molecule has 148 valence electrons. The van der Waals surface area contributed by atoms with Crippen molar-refractivity contribution in [3.8, 4) is 0 Å². The van der Waals surface area contributed by atoms with E-state index in [9.17, 15) is 14.4 Å². The molecule has 3 aromatic heterocycles. The number of aromatic nitrogens is 2. The minimum atomic E-state index is -0.386. The number of hydrogen-bond donors (Lipinski definition) is 0. The normalized spacial score (nSPS) is 11.8. The van der Waals surface area contributed by atoms with E-state index in [2.05, 4.69) is 0 Å². The molecule has 0 aliphatic carbocycles. The fraction of sp³-hybridized carbons (Fsp3) is 0.190. The van der Waals surface area contributed by atoms with Crippen LogP contribution in [-0.4, -0.2) is 34.5 Å². The molecule has 5 rings (SSSR count). The van der Waals surface area contributed by atoms with E-state index in [1.807, 2.05) is 25.1 Å². The molecule has 0 aliphatic heterocycles. The number of fused-ring (bicyclic) bond motifs is 5. The van der Waals surface area contributed by atoms with E-state index in [1.54, 1.807) is 28.7 Å². The topological polar surface area (TPSA) is 76.9 Å². The Morgan fingerprint density at radius 2 is 1.72 bits per heavy atom. The van der Waals surface area contributed by atoms with E-state index in [-0.39, 0.29) is 29.1 Å². The molecule has 7 nitrogen and oxygen atoms in total. The van der Waals surface area contributed by atoms with Crippen LogP contribution in [0.4, 0.5) is 0 Å². The first-order chi connectivity index (χ1) is 13.5. The lowest BCUT2D eigenvalue weighted by Crippen LogP contribution is -2.39. The Bertz CT molecular complexity index is 1560. The van der Waals surface area contributed by atoms with Crippen LogP contribution in [0.5, 0.6) is 0 Å². The Morgan fingerprint density at radius 3 is 2.48 bits per heavy atom. The van der Waals surface area contributed by atoms with Crippen molar-refractivity contribution in [1.29, 1.82) is 0 Å². The molecule has 5 aromatic rings. The van der Waals surface area contributed by atoms with Crippen molar-refractivity contribution in [2.24, 2.45) is 0 Å². The van der Waals surface area contributed by atoms with Crippen molar-refractivity contribution < 1.29 is 4.42 Å². The molecule has 3 heterocycles. The Balaban J connectivity index is 0.00000205. The molecule has 2 aromatic carbocycles. The standard InChI is InChI=1S/C21H17N3O4.ClH/c1-22(2)9-10-23-20(26)14-5-3-4-13-17-15(24(18(13)14)21(23)27)7-6-12-16(25)8-11-28-19(12)17;/h3-8,11H,9-10H2,1-2H3;1H. The number of benzene rings is 2. The van der Waals surface area contributed by atoms with Gasteiger partial charge in [-0.15, -0.1) is 12.4 Å². The van der Waals surface area contributed by atoms with Crippen LogP contribution in [-0.2, 0) is 6.54 Å². The predicted octanol–water partition coefficient (Wildman–Crippen LogP) is 2.30. The van der Waals surface area contributed by atoms with Crippen molar-refractivity contribution in [3.63, 3.8) is 0 Å². The van der Waals surface area contributed by atoms with Crippen molar-refractivity contribution in [2.75, 3.05) is 20.6 Å². The SMILES string of the molecule is CN(C)CCn1c(=O)c2cccc3c4c5occc(=O)c5ccc4n(c1=O)c23.Cl. The van der Waals surface area contributed by atoms with E-state index in [1.165, 1.54) is 16.9 Å². The van der Waals surface area contributed by atoms with Gasteiger partial charge in [0.2, 0.25) is 0 Å². The van der Waals surface area contributed by atoms with E-state index in [0.29, 0.717) is 45.9 Å². The summed E-state index contributed by atoms with van der Waals surface area (Å²) in [6.45, 7) is 0.864. The average Bonchev–Trinajstić information content (AvgIpc) is 3.02. The molecule has 0 radical (unpaired) electrons. The highest BCUT2D eigenvalue weighted by Gasteiger charge is 2.21. The van der Waals surface area contributed by atoms with Gasteiger partial charge in [0.25, 0.3) is 5.56 Å². The van der Waals surface area contributed by atoms with Gasteiger partial charge in [0.05, 0.1) is 33.5 Å². The van der Waals surface area contributed by atoms with Gasteiger partial charge >= 0.3 is 5.69 Å². The number of rotatable bonds is 3. The van der Waals surface area contributed by atoms with Gasteiger partial charge in [-0.3, -0.25) is 18.6 Å². The molecule has 0 atom stereocenters. The molecular formula is C21H18ClN3O4. The van der Waals surface area contributed by atoms with E-state index >= 15 is 0 Å². The Morgan fingerprint density at radius 1 is 0.966 bits per heavy atom. The van der Waals surface area contributed by atoms with Gasteiger partial charge in [-0.2, -0.15) is 0 Å². The van der Waals surface area contributed by atoms with Crippen molar-refractivity contribution in [3.05, 3.63) is 73.7 Å². The molecule has 0 saturated heterocycles. The Hall–Kier alpha value is -3.16. The first kappa shape index (κ1) is 19.2. The Labute approximate surface area is 170 Å². The van der Waals surface area contributed by atoms with Crippen LogP contribution in [0, 0.1) is 0 Å². The van der Waals surface area contributed by atoms with Gasteiger partial charge in [0.15, 0.2) is 5.43 Å².